The predicted molar refractivity (Wildman–Crippen MR) is 262 cm³/mol. The summed E-state index contributed by atoms with van der Waals surface area (Å²) in [6.07, 6.45) is 0. The van der Waals surface area contributed by atoms with E-state index in [4.69, 9.17) is 0 Å². The Bertz CT molecular complexity index is 3510. The van der Waals surface area contributed by atoms with E-state index in [1.54, 1.807) is 0 Å². The van der Waals surface area contributed by atoms with Crippen LogP contribution in [-0.4, -0.2) is 4.57 Å². The van der Waals surface area contributed by atoms with E-state index in [2.05, 4.69) is 247 Å². The molecule has 0 spiro atoms. The Morgan fingerprint density at radius 3 is 1.65 bits per heavy atom. The van der Waals surface area contributed by atoms with Gasteiger partial charge in [-0.1, -0.05) is 200 Å². The summed E-state index contributed by atoms with van der Waals surface area (Å²) in [6.45, 7) is 0. The Labute approximate surface area is 367 Å². The van der Waals surface area contributed by atoms with Crippen LogP contribution in [0.15, 0.2) is 243 Å². The quantitative estimate of drug-likeness (QED) is 0.158. The highest BCUT2D eigenvalue weighted by Crippen LogP contribution is 2.58. The Balaban J connectivity index is 1.03. The third kappa shape index (κ3) is 5.30. The fourth-order valence-electron chi connectivity index (χ4n) is 11.3. The molecule has 1 unspecified atom stereocenters. The van der Waals surface area contributed by atoms with Crippen LogP contribution in [0.2, 0.25) is 0 Å². The number of rotatable bonds is 6. The van der Waals surface area contributed by atoms with Crippen molar-refractivity contribution >= 4 is 21.8 Å². The molecule has 1 atom stereocenters. The van der Waals surface area contributed by atoms with Crippen LogP contribution in [0.3, 0.4) is 0 Å². The average Bonchev–Trinajstić information content (AvgIpc) is 3.97. The van der Waals surface area contributed by atoms with Crippen LogP contribution in [0.1, 0.15) is 44.9 Å². The smallest absolute Gasteiger partial charge is 0.0713 e. The van der Waals surface area contributed by atoms with Crippen molar-refractivity contribution in [1.82, 2.24) is 4.57 Å². The fourth-order valence-corrected chi connectivity index (χ4v) is 11.3. The summed E-state index contributed by atoms with van der Waals surface area (Å²) in [6, 6.07) is 90.3. The highest BCUT2D eigenvalue weighted by Gasteiger charge is 2.46. The summed E-state index contributed by atoms with van der Waals surface area (Å²) in [4.78, 5) is 0. The van der Waals surface area contributed by atoms with E-state index in [0.717, 1.165) is 5.69 Å². The van der Waals surface area contributed by atoms with Gasteiger partial charge in [-0.15, -0.1) is 0 Å². The maximum absolute atomic E-state index is 2.53. The fraction of sp³-hybridized carbons (Fsp3) is 0.0323. The molecule has 0 aliphatic heterocycles. The van der Waals surface area contributed by atoms with Gasteiger partial charge in [0.05, 0.1) is 16.4 Å². The van der Waals surface area contributed by atoms with Gasteiger partial charge >= 0.3 is 0 Å². The molecule has 11 aromatic rings. The SMILES string of the molecule is c1ccc(-c2cccc(C3c4ccccc4-c4cc(-c5ccc6c(c5)c5cc7c(cc5n6-c5ccccc5)-c5ccccc5C7(c5ccccc5)c5ccccc5)ccc43)c2)cc1. The Morgan fingerprint density at radius 1 is 0.317 bits per heavy atom. The van der Waals surface area contributed by atoms with Gasteiger partial charge in [-0.25, -0.2) is 0 Å². The number of para-hydroxylation sites is 1. The van der Waals surface area contributed by atoms with Crippen molar-refractivity contribution in [1.29, 1.82) is 0 Å². The maximum Gasteiger partial charge on any atom is 0.0713 e. The van der Waals surface area contributed by atoms with Crippen molar-refractivity contribution in [2.75, 3.05) is 0 Å². The zero-order valence-corrected chi connectivity index (χ0v) is 34.6. The highest BCUT2D eigenvalue weighted by molar-refractivity contribution is 6.13. The van der Waals surface area contributed by atoms with E-state index >= 15 is 0 Å². The van der Waals surface area contributed by atoms with Crippen molar-refractivity contribution in [3.63, 3.8) is 0 Å². The molecule has 0 fully saturated rings. The molecule has 0 bridgehead atoms. The number of hydrogen-bond acceptors (Lipinski definition) is 0. The largest absolute Gasteiger partial charge is 0.309 e. The first-order chi connectivity index (χ1) is 31.3. The van der Waals surface area contributed by atoms with Gasteiger partial charge in [-0.2, -0.15) is 0 Å². The number of benzene rings is 10. The van der Waals surface area contributed by atoms with Gasteiger partial charge in [0.15, 0.2) is 0 Å². The monoisotopic (exact) mass is 799 g/mol. The molecule has 0 radical (unpaired) electrons. The van der Waals surface area contributed by atoms with Crippen LogP contribution in [0.25, 0.3) is 72.0 Å². The molecular weight excluding hydrogens is 759 g/mol. The summed E-state index contributed by atoms with van der Waals surface area (Å²) >= 11 is 0. The Morgan fingerprint density at radius 2 is 0.889 bits per heavy atom. The normalized spacial score (nSPS) is 14.3. The van der Waals surface area contributed by atoms with Gasteiger partial charge in [-0.3, -0.25) is 0 Å². The van der Waals surface area contributed by atoms with Crippen molar-refractivity contribution in [3.8, 4) is 50.2 Å². The Hall–Kier alpha value is -8.00. The summed E-state index contributed by atoms with van der Waals surface area (Å²) in [5.41, 5.74) is 22.5. The van der Waals surface area contributed by atoms with E-state index in [0.29, 0.717) is 0 Å². The molecule has 2 aliphatic rings. The second-order valence-corrected chi connectivity index (χ2v) is 17.2. The van der Waals surface area contributed by atoms with Crippen LogP contribution in [0, 0.1) is 0 Å². The van der Waals surface area contributed by atoms with Crippen LogP contribution in [0.5, 0.6) is 0 Å². The molecule has 63 heavy (non-hydrogen) atoms. The summed E-state index contributed by atoms with van der Waals surface area (Å²) in [5.74, 6) is 0.168. The van der Waals surface area contributed by atoms with Gasteiger partial charge in [0, 0.05) is 22.4 Å². The molecule has 0 N–H and O–H groups in total. The molecule has 1 heterocycles. The van der Waals surface area contributed by atoms with Crippen LogP contribution < -0.4 is 0 Å². The minimum atomic E-state index is -0.480. The molecule has 0 saturated carbocycles. The molecular formula is C62H41N. The number of fused-ring (bicyclic) bond motifs is 9. The van der Waals surface area contributed by atoms with Crippen molar-refractivity contribution in [2.45, 2.75) is 11.3 Å². The van der Waals surface area contributed by atoms with E-state index in [1.165, 1.54) is 105 Å². The summed E-state index contributed by atoms with van der Waals surface area (Å²) < 4.78 is 2.47. The third-order valence-electron chi connectivity index (χ3n) is 13.9. The van der Waals surface area contributed by atoms with Crippen molar-refractivity contribution in [2.24, 2.45) is 0 Å². The number of aromatic nitrogens is 1. The van der Waals surface area contributed by atoms with Gasteiger partial charge in [0.2, 0.25) is 0 Å². The highest BCUT2D eigenvalue weighted by atomic mass is 15.0. The summed E-state index contributed by atoms with van der Waals surface area (Å²) in [7, 11) is 0. The zero-order chi connectivity index (χ0) is 41.5. The Kier molecular flexibility index (Phi) is 7.95. The lowest BCUT2D eigenvalue weighted by atomic mass is 9.67. The van der Waals surface area contributed by atoms with E-state index in [-0.39, 0.29) is 5.92 Å². The topological polar surface area (TPSA) is 4.93 Å². The minimum Gasteiger partial charge on any atom is -0.309 e. The van der Waals surface area contributed by atoms with Gasteiger partial charge < -0.3 is 4.57 Å². The van der Waals surface area contributed by atoms with Crippen molar-refractivity contribution in [3.05, 3.63) is 282 Å². The standard InChI is InChI=1S/C62H41N/c1-5-18-41(19-6-1)42-20-17-21-45(36-42)61-51-30-14-13-28-49(51)53-37-43(32-34-52(53)61)44-33-35-59-55(38-44)56-39-58-54(40-60(56)63(59)48-26-11-4-12-27-48)50-29-15-16-31-57(50)62(58,46-22-7-2-8-23-46)47-24-9-3-10-25-47/h1-40,61H. The van der Waals surface area contributed by atoms with Crippen LogP contribution >= 0.6 is 0 Å². The van der Waals surface area contributed by atoms with Crippen LogP contribution in [-0.2, 0) is 5.41 Å². The molecule has 1 heteroatoms. The molecule has 10 aromatic carbocycles. The molecule has 0 saturated heterocycles. The van der Waals surface area contributed by atoms with E-state index in [1.807, 2.05) is 0 Å². The first-order valence-electron chi connectivity index (χ1n) is 22.0. The average molecular weight is 800 g/mol. The molecule has 1 nitrogen and oxygen atoms in total. The minimum absolute atomic E-state index is 0.168. The van der Waals surface area contributed by atoms with E-state index in [9.17, 15) is 0 Å². The van der Waals surface area contributed by atoms with Crippen molar-refractivity contribution < 1.29 is 0 Å². The van der Waals surface area contributed by atoms with Gasteiger partial charge in [0.1, 0.15) is 0 Å². The number of hydrogen-bond donors (Lipinski definition) is 0. The first-order valence-corrected chi connectivity index (χ1v) is 22.0. The molecule has 1 aromatic heterocycles. The number of nitrogens with zero attached hydrogens (tertiary/aromatic N) is 1. The first kappa shape index (κ1) is 35.7. The van der Waals surface area contributed by atoms with Gasteiger partial charge in [-0.05, 0) is 126 Å². The lowest BCUT2D eigenvalue weighted by Crippen LogP contribution is -2.28. The third-order valence-corrected chi connectivity index (χ3v) is 13.9. The second-order valence-electron chi connectivity index (χ2n) is 17.2. The van der Waals surface area contributed by atoms with Gasteiger partial charge in [0.25, 0.3) is 0 Å². The lowest BCUT2D eigenvalue weighted by molar-refractivity contribution is 0.769. The zero-order valence-electron chi connectivity index (χ0n) is 34.6. The molecule has 294 valence electrons. The molecule has 2 aliphatic carbocycles. The lowest BCUT2D eigenvalue weighted by Gasteiger charge is -2.34. The maximum atomic E-state index is 2.53. The van der Waals surface area contributed by atoms with E-state index < -0.39 is 5.41 Å². The molecule has 13 rings (SSSR count). The predicted octanol–water partition coefficient (Wildman–Crippen LogP) is 15.6. The molecule has 0 amide bonds. The van der Waals surface area contributed by atoms with Crippen LogP contribution in [0.4, 0.5) is 0 Å². The summed E-state index contributed by atoms with van der Waals surface area (Å²) in [5, 5.41) is 2.50. The second kappa shape index (κ2) is 14.0.